The average Bonchev–Trinajstić information content (AvgIpc) is 2.83. The molecule has 0 aliphatic carbocycles. The Kier molecular flexibility index (Phi) is 13.7. The zero-order valence-electron chi connectivity index (χ0n) is 20.2. The summed E-state index contributed by atoms with van der Waals surface area (Å²) >= 11 is 5.85. The van der Waals surface area contributed by atoms with Crippen molar-refractivity contribution in [1.82, 2.24) is 5.43 Å². The van der Waals surface area contributed by atoms with Crippen molar-refractivity contribution >= 4 is 29.7 Å². The van der Waals surface area contributed by atoms with Gasteiger partial charge in [0.2, 0.25) is 5.91 Å². The number of hydrogen-bond acceptors (Lipinski definition) is 4. The lowest BCUT2D eigenvalue weighted by atomic mass is 10.1. The smallest absolute Gasteiger partial charge is 0.343 e. The van der Waals surface area contributed by atoms with E-state index in [1.807, 2.05) is 6.07 Å². The third kappa shape index (κ3) is 12.0. The van der Waals surface area contributed by atoms with E-state index in [9.17, 15) is 9.59 Å². The molecule has 0 saturated heterocycles. The Bertz CT molecular complexity index is 897. The number of ether oxygens (including phenoxy) is 1. The molecule has 0 radical (unpaired) electrons. The number of hydrazone groups is 1. The number of carbonyl (C=O) groups excluding carboxylic acids is 2. The largest absolute Gasteiger partial charge is 0.423 e. The van der Waals surface area contributed by atoms with Gasteiger partial charge >= 0.3 is 5.97 Å². The number of carbonyl (C=O) groups is 2. The lowest BCUT2D eigenvalue weighted by Crippen LogP contribution is -2.16. The van der Waals surface area contributed by atoms with Crippen molar-refractivity contribution in [2.75, 3.05) is 0 Å². The predicted octanol–water partition coefficient (Wildman–Crippen LogP) is 7.71. The van der Waals surface area contributed by atoms with Crippen molar-refractivity contribution in [3.63, 3.8) is 0 Å². The predicted molar refractivity (Wildman–Crippen MR) is 140 cm³/mol. The highest BCUT2D eigenvalue weighted by molar-refractivity contribution is 6.30. The van der Waals surface area contributed by atoms with Crippen LogP contribution in [0.2, 0.25) is 5.02 Å². The van der Waals surface area contributed by atoms with Crippen LogP contribution < -0.4 is 10.2 Å². The molecule has 0 aromatic heterocycles. The Labute approximate surface area is 208 Å². The molecule has 0 heterocycles. The number of hydrogen-bond donors (Lipinski definition) is 1. The van der Waals surface area contributed by atoms with E-state index in [4.69, 9.17) is 16.3 Å². The summed E-state index contributed by atoms with van der Waals surface area (Å²) in [5.74, 6) is -0.153. The van der Waals surface area contributed by atoms with Gasteiger partial charge in [-0.05, 0) is 48.4 Å². The fourth-order valence-electron chi connectivity index (χ4n) is 3.59. The molecule has 6 heteroatoms. The quantitative estimate of drug-likeness (QED) is 0.0871. The van der Waals surface area contributed by atoms with Crippen LogP contribution in [0.5, 0.6) is 5.75 Å². The van der Waals surface area contributed by atoms with Gasteiger partial charge < -0.3 is 4.74 Å². The summed E-state index contributed by atoms with van der Waals surface area (Å²) < 4.78 is 5.40. The minimum atomic E-state index is -0.467. The fourth-order valence-corrected chi connectivity index (χ4v) is 3.72. The number of halogens is 1. The van der Waals surface area contributed by atoms with Crippen LogP contribution in [0, 0.1) is 0 Å². The van der Waals surface area contributed by atoms with Gasteiger partial charge in [-0.2, -0.15) is 5.10 Å². The molecule has 2 rings (SSSR count). The molecule has 0 bridgehead atoms. The Morgan fingerprint density at radius 2 is 1.50 bits per heavy atom. The zero-order chi connectivity index (χ0) is 24.4. The summed E-state index contributed by atoms with van der Waals surface area (Å²) in [6.07, 6.45) is 15.8. The highest BCUT2D eigenvalue weighted by Crippen LogP contribution is 2.16. The first-order chi connectivity index (χ1) is 16.6. The molecule has 0 unspecified atom stereocenters. The Morgan fingerprint density at radius 3 is 2.15 bits per heavy atom. The summed E-state index contributed by atoms with van der Waals surface area (Å²) in [7, 11) is 0. The highest BCUT2D eigenvalue weighted by atomic mass is 35.5. The van der Waals surface area contributed by atoms with Crippen molar-refractivity contribution in [1.29, 1.82) is 0 Å². The van der Waals surface area contributed by atoms with Gasteiger partial charge in [0.15, 0.2) is 0 Å². The molecule has 0 spiro atoms. The van der Waals surface area contributed by atoms with Gasteiger partial charge in [0.1, 0.15) is 5.75 Å². The summed E-state index contributed by atoms with van der Waals surface area (Å²) in [6, 6.07) is 13.5. The lowest BCUT2D eigenvalue weighted by molar-refractivity contribution is -0.121. The highest BCUT2D eigenvalue weighted by Gasteiger charge is 2.08. The second-order valence-electron chi connectivity index (χ2n) is 8.55. The zero-order valence-corrected chi connectivity index (χ0v) is 21.0. The molecule has 2 aromatic carbocycles. The lowest BCUT2D eigenvalue weighted by Gasteiger charge is -2.05. The minimum absolute atomic E-state index is 0.0857. The van der Waals surface area contributed by atoms with Crippen LogP contribution in [-0.4, -0.2) is 18.1 Å². The number of esters is 1. The first kappa shape index (κ1) is 27.6. The van der Waals surface area contributed by atoms with Crippen molar-refractivity contribution in [3.8, 4) is 5.75 Å². The third-order valence-corrected chi connectivity index (χ3v) is 5.81. The molecular weight excluding hydrogens is 448 g/mol. The molecule has 0 atom stereocenters. The van der Waals surface area contributed by atoms with E-state index in [0.29, 0.717) is 22.8 Å². The maximum absolute atomic E-state index is 12.2. The molecule has 184 valence electrons. The van der Waals surface area contributed by atoms with E-state index in [2.05, 4.69) is 17.5 Å². The first-order valence-electron chi connectivity index (χ1n) is 12.5. The van der Waals surface area contributed by atoms with Gasteiger partial charge in [-0.15, -0.1) is 0 Å². The number of unbranched alkanes of at least 4 members (excludes halogenated alkanes) is 10. The Hall–Kier alpha value is -2.66. The SMILES string of the molecule is CCCCCCCCCCCCCC(=O)NN=Cc1cccc(OC(=O)c2ccc(Cl)cc2)c1. The van der Waals surface area contributed by atoms with E-state index in [-0.39, 0.29) is 5.91 Å². The Morgan fingerprint density at radius 1 is 0.882 bits per heavy atom. The van der Waals surface area contributed by atoms with Crippen LogP contribution in [-0.2, 0) is 4.79 Å². The topological polar surface area (TPSA) is 67.8 Å². The molecular formula is C28H37ClN2O3. The van der Waals surface area contributed by atoms with Crippen LogP contribution in [0.25, 0.3) is 0 Å². The molecule has 0 fully saturated rings. The van der Waals surface area contributed by atoms with Crippen LogP contribution in [0.15, 0.2) is 53.6 Å². The molecule has 0 saturated carbocycles. The van der Waals surface area contributed by atoms with Gasteiger partial charge in [0.05, 0.1) is 11.8 Å². The Balaban J connectivity index is 1.59. The van der Waals surface area contributed by atoms with E-state index in [0.717, 1.165) is 18.4 Å². The second kappa shape index (κ2) is 16.9. The number of nitrogens with zero attached hydrogens (tertiary/aromatic N) is 1. The molecule has 5 nitrogen and oxygen atoms in total. The van der Waals surface area contributed by atoms with Gasteiger partial charge in [0, 0.05) is 11.4 Å². The van der Waals surface area contributed by atoms with Gasteiger partial charge in [0.25, 0.3) is 0 Å². The number of benzene rings is 2. The summed E-state index contributed by atoms with van der Waals surface area (Å²) in [5.41, 5.74) is 3.70. The maximum atomic E-state index is 12.2. The third-order valence-electron chi connectivity index (χ3n) is 5.56. The van der Waals surface area contributed by atoms with E-state index in [1.165, 1.54) is 64.0 Å². The van der Waals surface area contributed by atoms with Crippen LogP contribution in [0.3, 0.4) is 0 Å². The van der Waals surface area contributed by atoms with Crippen molar-refractivity contribution in [2.45, 2.75) is 84.0 Å². The normalized spacial score (nSPS) is 11.0. The first-order valence-corrected chi connectivity index (χ1v) is 12.9. The summed E-state index contributed by atoms with van der Waals surface area (Å²) in [5, 5.41) is 4.58. The molecule has 2 aromatic rings. The van der Waals surface area contributed by atoms with Crippen LogP contribution in [0.4, 0.5) is 0 Å². The van der Waals surface area contributed by atoms with Crippen molar-refractivity contribution < 1.29 is 14.3 Å². The number of amides is 1. The maximum Gasteiger partial charge on any atom is 0.343 e. The molecule has 0 aliphatic heterocycles. The van der Waals surface area contributed by atoms with Crippen molar-refractivity contribution in [2.24, 2.45) is 5.10 Å². The minimum Gasteiger partial charge on any atom is -0.423 e. The van der Waals surface area contributed by atoms with Crippen LogP contribution >= 0.6 is 11.6 Å². The molecule has 0 aliphatic rings. The summed E-state index contributed by atoms with van der Waals surface area (Å²) in [6.45, 7) is 2.25. The van der Waals surface area contributed by atoms with E-state index >= 15 is 0 Å². The van der Waals surface area contributed by atoms with Gasteiger partial charge in [-0.3, -0.25) is 4.79 Å². The number of nitrogens with one attached hydrogen (secondary N) is 1. The number of rotatable bonds is 16. The monoisotopic (exact) mass is 484 g/mol. The van der Waals surface area contributed by atoms with Gasteiger partial charge in [-0.1, -0.05) is 94.9 Å². The standard InChI is InChI=1S/C28H37ClN2O3/c1-2-3-4-5-6-7-8-9-10-11-12-16-27(32)31-30-22-23-14-13-15-26(21-23)34-28(33)24-17-19-25(29)20-18-24/h13-15,17-22H,2-12,16H2,1H3,(H,31,32). The molecule has 1 N–H and O–H groups in total. The molecule has 1 amide bonds. The fraction of sp³-hybridized carbons (Fsp3) is 0.464. The average molecular weight is 485 g/mol. The van der Waals surface area contributed by atoms with Gasteiger partial charge in [-0.25, -0.2) is 10.2 Å². The van der Waals surface area contributed by atoms with E-state index in [1.54, 1.807) is 42.5 Å². The summed E-state index contributed by atoms with van der Waals surface area (Å²) in [4.78, 5) is 24.2. The van der Waals surface area contributed by atoms with Crippen molar-refractivity contribution in [3.05, 3.63) is 64.7 Å². The second-order valence-corrected chi connectivity index (χ2v) is 8.98. The van der Waals surface area contributed by atoms with E-state index < -0.39 is 5.97 Å². The molecule has 34 heavy (non-hydrogen) atoms. The van der Waals surface area contributed by atoms with Crippen LogP contribution in [0.1, 0.15) is 99.9 Å².